The highest BCUT2D eigenvalue weighted by atomic mass is 127. The number of anilines is 1. The predicted octanol–water partition coefficient (Wildman–Crippen LogP) is 4.17. The van der Waals surface area contributed by atoms with Gasteiger partial charge in [-0.15, -0.1) is 24.0 Å². The van der Waals surface area contributed by atoms with E-state index in [0.29, 0.717) is 19.6 Å². The summed E-state index contributed by atoms with van der Waals surface area (Å²) in [5.41, 5.74) is 7.79. The molecule has 2 aromatic carbocycles. The summed E-state index contributed by atoms with van der Waals surface area (Å²) in [7, 11) is 1.64. The van der Waals surface area contributed by atoms with Gasteiger partial charge in [0.2, 0.25) is 0 Å². The van der Waals surface area contributed by atoms with Crippen LogP contribution in [-0.4, -0.2) is 25.7 Å². The molecule has 1 atom stereocenters. The standard InChI is InChI=1S/C19H24FN3O2.HI/c1-3-15(25-18-11-7-5-9-16(18)20)12-22-19(21)23-17-10-6-4-8-14(17)13-24-2;/h4-11,15H,3,12-13H2,1-2H3,(H3,21,22,23);1H. The molecule has 0 amide bonds. The van der Waals surface area contributed by atoms with Crippen LogP contribution >= 0.6 is 24.0 Å². The lowest BCUT2D eigenvalue weighted by molar-refractivity contribution is 0.185. The van der Waals surface area contributed by atoms with Crippen molar-refractivity contribution in [2.24, 2.45) is 10.7 Å². The van der Waals surface area contributed by atoms with Gasteiger partial charge in [0.15, 0.2) is 17.5 Å². The van der Waals surface area contributed by atoms with Crippen molar-refractivity contribution in [3.05, 3.63) is 59.9 Å². The molecule has 0 aliphatic carbocycles. The summed E-state index contributed by atoms with van der Waals surface area (Å²) < 4.78 is 24.5. The molecule has 0 saturated heterocycles. The summed E-state index contributed by atoms with van der Waals surface area (Å²) in [5, 5.41) is 3.07. The van der Waals surface area contributed by atoms with Crippen LogP contribution in [0.1, 0.15) is 18.9 Å². The number of benzene rings is 2. The Labute approximate surface area is 170 Å². The van der Waals surface area contributed by atoms with Gasteiger partial charge in [-0.2, -0.15) is 0 Å². The van der Waals surface area contributed by atoms with Crippen LogP contribution in [0.3, 0.4) is 0 Å². The first-order chi connectivity index (χ1) is 12.1. The molecule has 0 spiro atoms. The van der Waals surface area contributed by atoms with Gasteiger partial charge in [0.1, 0.15) is 6.10 Å². The fraction of sp³-hybridized carbons (Fsp3) is 0.316. The Kier molecular flexibility index (Phi) is 9.97. The Balaban J connectivity index is 0.00000338. The Morgan fingerprint density at radius 2 is 1.88 bits per heavy atom. The van der Waals surface area contributed by atoms with Crippen LogP contribution in [0, 0.1) is 5.82 Å². The largest absolute Gasteiger partial charge is 0.485 e. The third-order valence-corrected chi connectivity index (χ3v) is 3.63. The van der Waals surface area contributed by atoms with Gasteiger partial charge in [0, 0.05) is 18.4 Å². The number of hydrogen-bond donors (Lipinski definition) is 2. The van der Waals surface area contributed by atoms with E-state index in [1.807, 2.05) is 31.2 Å². The fourth-order valence-electron chi connectivity index (χ4n) is 2.27. The molecular weight excluding hydrogens is 448 g/mol. The van der Waals surface area contributed by atoms with Gasteiger partial charge in [0.05, 0.1) is 13.2 Å². The van der Waals surface area contributed by atoms with Gasteiger partial charge >= 0.3 is 0 Å². The molecule has 26 heavy (non-hydrogen) atoms. The molecule has 0 heterocycles. The molecule has 7 heteroatoms. The summed E-state index contributed by atoms with van der Waals surface area (Å²) in [6.45, 7) is 2.76. The molecule has 2 rings (SSSR count). The topological polar surface area (TPSA) is 68.9 Å². The van der Waals surface area contributed by atoms with Crippen molar-refractivity contribution in [2.45, 2.75) is 26.1 Å². The number of ether oxygens (including phenoxy) is 2. The van der Waals surface area contributed by atoms with Crippen LogP contribution in [0.5, 0.6) is 5.75 Å². The van der Waals surface area contributed by atoms with E-state index in [2.05, 4.69) is 10.3 Å². The van der Waals surface area contributed by atoms with Crippen LogP contribution < -0.4 is 15.8 Å². The number of hydrogen-bond acceptors (Lipinski definition) is 3. The van der Waals surface area contributed by atoms with E-state index in [9.17, 15) is 4.39 Å². The molecule has 142 valence electrons. The molecule has 0 fully saturated rings. The SMILES string of the molecule is CCC(CN=C(N)Nc1ccccc1COC)Oc1ccccc1F.I. The molecule has 0 bridgehead atoms. The van der Waals surface area contributed by atoms with Crippen molar-refractivity contribution < 1.29 is 13.9 Å². The zero-order valence-electron chi connectivity index (χ0n) is 14.9. The minimum Gasteiger partial charge on any atom is -0.485 e. The second-order valence-electron chi connectivity index (χ2n) is 5.52. The van der Waals surface area contributed by atoms with Gasteiger partial charge in [-0.25, -0.2) is 9.38 Å². The van der Waals surface area contributed by atoms with Crippen LogP contribution in [0.25, 0.3) is 0 Å². The minimum atomic E-state index is -0.385. The average molecular weight is 473 g/mol. The molecule has 1 unspecified atom stereocenters. The summed E-state index contributed by atoms with van der Waals surface area (Å²) in [4.78, 5) is 4.31. The van der Waals surface area contributed by atoms with Gasteiger partial charge in [-0.05, 0) is 24.6 Å². The van der Waals surface area contributed by atoms with Crippen LogP contribution in [0.4, 0.5) is 10.1 Å². The van der Waals surface area contributed by atoms with Gasteiger partial charge in [0.25, 0.3) is 0 Å². The fourth-order valence-corrected chi connectivity index (χ4v) is 2.27. The van der Waals surface area contributed by atoms with Gasteiger partial charge in [-0.3, -0.25) is 0 Å². The van der Waals surface area contributed by atoms with E-state index in [4.69, 9.17) is 15.2 Å². The lowest BCUT2D eigenvalue weighted by Gasteiger charge is -2.17. The Morgan fingerprint density at radius 1 is 1.19 bits per heavy atom. The van der Waals surface area contributed by atoms with E-state index in [1.165, 1.54) is 6.07 Å². The zero-order chi connectivity index (χ0) is 18.1. The van der Waals surface area contributed by atoms with Crippen LogP contribution in [0.2, 0.25) is 0 Å². The molecule has 3 N–H and O–H groups in total. The van der Waals surface area contributed by atoms with Crippen molar-refractivity contribution in [3.63, 3.8) is 0 Å². The first kappa shape index (κ1) is 22.2. The zero-order valence-corrected chi connectivity index (χ0v) is 17.3. The monoisotopic (exact) mass is 473 g/mol. The third kappa shape index (κ3) is 6.80. The van der Waals surface area contributed by atoms with Crippen molar-refractivity contribution in [1.29, 1.82) is 0 Å². The van der Waals surface area contributed by atoms with Crippen molar-refractivity contribution >= 4 is 35.6 Å². The highest BCUT2D eigenvalue weighted by molar-refractivity contribution is 14.0. The first-order valence-electron chi connectivity index (χ1n) is 8.19. The maximum absolute atomic E-state index is 13.7. The van der Waals surface area contributed by atoms with E-state index in [0.717, 1.165) is 11.3 Å². The van der Waals surface area contributed by atoms with Gasteiger partial charge < -0.3 is 20.5 Å². The number of nitrogens with two attached hydrogens (primary N) is 1. The maximum Gasteiger partial charge on any atom is 0.193 e. The average Bonchev–Trinajstić information content (AvgIpc) is 2.62. The molecule has 0 saturated carbocycles. The normalized spacial score (nSPS) is 12.2. The highest BCUT2D eigenvalue weighted by Crippen LogP contribution is 2.18. The van der Waals surface area contributed by atoms with Crippen molar-refractivity contribution in [2.75, 3.05) is 19.0 Å². The predicted molar refractivity (Wildman–Crippen MR) is 114 cm³/mol. The summed E-state index contributed by atoms with van der Waals surface area (Å²) in [6, 6.07) is 14.0. The molecule has 0 aliphatic heterocycles. The van der Waals surface area contributed by atoms with Crippen molar-refractivity contribution in [1.82, 2.24) is 0 Å². The number of aliphatic imine (C=N–C) groups is 1. The van der Waals surface area contributed by atoms with Crippen molar-refractivity contribution in [3.8, 4) is 5.75 Å². The number of halogens is 2. The molecule has 0 aliphatic rings. The summed E-state index contributed by atoms with van der Waals surface area (Å²) >= 11 is 0. The Bertz CT molecular complexity index is 713. The Morgan fingerprint density at radius 3 is 2.58 bits per heavy atom. The number of rotatable bonds is 8. The molecule has 0 radical (unpaired) electrons. The highest BCUT2D eigenvalue weighted by Gasteiger charge is 2.11. The lowest BCUT2D eigenvalue weighted by atomic mass is 10.2. The lowest BCUT2D eigenvalue weighted by Crippen LogP contribution is -2.27. The number of para-hydroxylation sites is 2. The molecule has 2 aromatic rings. The van der Waals surface area contributed by atoms with E-state index < -0.39 is 0 Å². The minimum absolute atomic E-state index is 0. The number of nitrogens with zero attached hydrogens (tertiary/aromatic N) is 1. The smallest absolute Gasteiger partial charge is 0.193 e. The summed E-state index contributed by atoms with van der Waals surface area (Å²) in [6.07, 6.45) is 0.428. The second kappa shape index (κ2) is 11.7. The van der Waals surface area contributed by atoms with E-state index in [-0.39, 0.29) is 47.6 Å². The molecule has 0 aromatic heterocycles. The molecule has 5 nitrogen and oxygen atoms in total. The quantitative estimate of drug-likeness (QED) is 0.343. The van der Waals surface area contributed by atoms with Gasteiger partial charge in [-0.1, -0.05) is 37.3 Å². The summed E-state index contributed by atoms with van der Waals surface area (Å²) in [5.74, 6) is 0.116. The number of guanidine groups is 1. The van der Waals surface area contributed by atoms with Crippen LogP contribution in [0.15, 0.2) is 53.5 Å². The van der Waals surface area contributed by atoms with E-state index in [1.54, 1.807) is 25.3 Å². The third-order valence-electron chi connectivity index (χ3n) is 3.63. The first-order valence-corrected chi connectivity index (χ1v) is 8.19. The maximum atomic E-state index is 13.7. The Hall–Kier alpha value is -1.87. The van der Waals surface area contributed by atoms with E-state index >= 15 is 0 Å². The second-order valence-corrected chi connectivity index (χ2v) is 5.52. The number of methoxy groups -OCH3 is 1. The number of nitrogens with one attached hydrogen (secondary N) is 1. The van der Waals surface area contributed by atoms with Crippen LogP contribution in [-0.2, 0) is 11.3 Å². The molecular formula is C19H25FIN3O2.